The first-order chi connectivity index (χ1) is 16.1. The topological polar surface area (TPSA) is 127 Å². The van der Waals surface area contributed by atoms with Crippen LogP contribution in [0.4, 0.5) is 8.78 Å². The number of hydrogen-bond donors (Lipinski definition) is 1. The van der Waals surface area contributed by atoms with Crippen LogP contribution >= 0.6 is 0 Å². The number of fused-ring (bicyclic) bond motifs is 2. The highest BCUT2D eigenvalue weighted by Crippen LogP contribution is 2.36. The minimum Gasteiger partial charge on any atom is -0.435 e. The number of oxazole rings is 1. The number of hydrogen-bond acceptors (Lipinski definition) is 8. The number of para-hydroxylation sites is 1. The summed E-state index contributed by atoms with van der Waals surface area (Å²) in [5, 5.41) is 7.55. The molecule has 0 saturated carbocycles. The summed E-state index contributed by atoms with van der Waals surface area (Å²) in [6, 6.07) is 6.14. The zero-order valence-corrected chi connectivity index (χ0v) is 16.7. The number of aromatic amines is 1. The van der Waals surface area contributed by atoms with Crippen molar-refractivity contribution in [3.63, 3.8) is 0 Å². The van der Waals surface area contributed by atoms with Crippen LogP contribution in [0.15, 0.2) is 51.7 Å². The van der Waals surface area contributed by atoms with Gasteiger partial charge >= 0.3 is 11.8 Å². The van der Waals surface area contributed by atoms with E-state index in [0.717, 1.165) is 5.69 Å². The minimum absolute atomic E-state index is 0.0201. The van der Waals surface area contributed by atoms with E-state index in [0.29, 0.717) is 17.6 Å². The van der Waals surface area contributed by atoms with Crippen LogP contribution < -0.4 is 0 Å². The molecule has 5 heterocycles. The van der Waals surface area contributed by atoms with Crippen LogP contribution in [-0.2, 0) is 6.42 Å². The number of rotatable bonds is 3. The predicted octanol–water partition coefficient (Wildman–Crippen LogP) is 3.06. The maximum atomic E-state index is 14.2. The molecular formula is C21H13F2N7O3. The molecule has 0 radical (unpaired) electrons. The van der Waals surface area contributed by atoms with Crippen molar-refractivity contribution in [2.24, 2.45) is 0 Å². The summed E-state index contributed by atoms with van der Waals surface area (Å²) < 4.78 is 39.4. The zero-order valence-electron chi connectivity index (χ0n) is 16.7. The Morgan fingerprint density at radius 3 is 2.82 bits per heavy atom. The predicted molar refractivity (Wildman–Crippen MR) is 107 cm³/mol. The van der Waals surface area contributed by atoms with Crippen molar-refractivity contribution in [1.82, 2.24) is 35.0 Å². The molecule has 0 fully saturated rings. The highest BCUT2D eigenvalue weighted by Gasteiger charge is 2.40. The number of H-pyrrole nitrogens is 1. The number of carbonyl (C=O) groups is 1. The fourth-order valence-electron chi connectivity index (χ4n) is 3.87. The third-order valence-electron chi connectivity index (χ3n) is 5.37. The van der Waals surface area contributed by atoms with Gasteiger partial charge in [-0.2, -0.15) is 0 Å². The van der Waals surface area contributed by atoms with Gasteiger partial charge in [0, 0.05) is 24.9 Å². The van der Waals surface area contributed by atoms with Gasteiger partial charge in [-0.1, -0.05) is 6.07 Å². The second-order valence-corrected chi connectivity index (χ2v) is 7.30. The first-order valence-electron chi connectivity index (χ1n) is 9.92. The second-order valence-electron chi connectivity index (χ2n) is 7.30. The van der Waals surface area contributed by atoms with Gasteiger partial charge in [0.25, 0.3) is 5.89 Å². The first-order valence-corrected chi connectivity index (χ1v) is 9.92. The molecule has 6 rings (SSSR count). The fraction of sp³-hybridized carbons (Fsp3) is 0.143. The quantitative estimate of drug-likeness (QED) is 0.445. The molecule has 1 aliphatic heterocycles. The summed E-state index contributed by atoms with van der Waals surface area (Å²) in [6.45, 7) is 0.246. The van der Waals surface area contributed by atoms with Gasteiger partial charge in [-0.3, -0.25) is 4.79 Å². The van der Waals surface area contributed by atoms with E-state index in [2.05, 4.69) is 30.1 Å². The van der Waals surface area contributed by atoms with E-state index in [9.17, 15) is 13.6 Å². The van der Waals surface area contributed by atoms with Crippen LogP contribution in [0.1, 0.15) is 34.0 Å². The molecule has 0 bridgehead atoms. The summed E-state index contributed by atoms with van der Waals surface area (Å²) in [4.78, 5) is 30.4. The van der Waals surface area contributed by atoms with Gasteiger partial charge in [0.2, 0.25) is 5.89 Å². The number of benzene rings is 1. The Balaban J connectivity index is 1.41. The lowest BCUT2D eigenvalue weighted by Crippen LogP contribution is -2.41. The molecule has 0 unspecified atom stereocenters. The highest BCUT2D eigenvalue weighted by atomic mass is 19.1. The highest BCUT2D eigenvalue weighted by molar-refractivity contribution is 5.90. The lowest BCUT2D eigenvalue weighted by atomic mass is 10.0. The SMILES string of the molecule is O=C(c1nnc(-c2ncccc2F)o1)N1CCc2[nH]cnc2[C@H]1c1nc2cccc(F)c2o1. The Labute approximate surface area is 183 Å². The molecule has 10 nitrogen and oxygen atoms in total. The third-order valence-corrected chi connectivity index (χ3v) is 5.37. The second kappa shape index (κ2) is 7.29. The Kier molecular flexibility index (Phi) is 4.25. The smallest absolute Gasteiger partial charge is 0.312 e. The molecule has 1 N–H and O–H groups in total. The van der Waals surface area contributed by atoms with Gasteiger partial charge in [-0.25, -0.2) is 23.7 Å². The van der Waals surface area contributed by atoms with Gasteiger partial charge < -0.3 is 18.7 Å². The fourth-order valence-corrected chi connectivity index (χ4v) is 3.87. The number of carbonyl (C=O) groups excluding carboxylic acids is 1. The van der Waals surface area contributed by atoms with E-state index in [4.69, 9.17) is 8.83 Å². The van der Waals surface area contributed by atoms with E-state index < -0.39 is 23.6 Å². The van der Waals surface area contributed by atoms with Crippen molar-refractivity contribution in [2.75, 3.05) is 6.54 Å². The summed E-state index contributed by atoms with van der Waals surface area (Å²) in [6.07, 6.45) is 3.35. The van der Waals surface area contributed by atoms with Crippen LogP contribution in [0.3, 0.4) is 0 Å². The molecule has 164 valence electrons. The molecule has 1 atom stereocenters. The molecule has 0 saturated heterocycles. The summed E-state index contributed by atoms with van der Waals surface area (Å²) >= 11 is 0. The first kappa shape index (κ1) is 19.2. The minimum atomic E-state index is -0.860. The van der Waals surface area contributed by atoms with Gasteiger partial charge in [0.05, 0.1) is 12.0 Å². The summed E-state index contributed by atoms with van der Waals surface area (Å²) in [5.74, 6) is -2.36. The molecule has 33 heavy (non-hydrogen) atoms. The molecule has 5 aromatic rings. The van der Waals surface area contributed by atoms with Crippen molar-refractivity contribution < 1.29 is 22.4 Å². The maximum Gasteiger partial charge on any atom is 0.312 e. The van der Waals surface area contributed by atoms with Crippen LogP contribution in [0.2, 0.25) is 0 Å². The standard InChI is InChI=1S/C21H13F2N7O3/c22-10-4-2-7-24-14(10)18-28-29-20(33-18)21(31)30-8-6-12-15(26-9-25-12)16(30)19-27-13-5-1-3-11(23)17(13)32-19/h1-5,7,9,16H,6,8H2,(H,25,26)/t16-/m0/s1. The number of amides is 1. The van der Waals surface area contributed by atoms with Crippen LogP contribution in [0, 0.1) is 11.6 Å². The third kappa shape index (κ3) is 3.06. The molecular weight excluding hydrogens is 436 g/mol. The Morgan fingerprint density at radius 2 is 1.97 bits per heavy atom. The molecule has 0 spiro atoms. The van der Waals surface area contributed by atoms with E-state index in [1.807, 2.05) is 0 Å². The van der Waals surface area contributed by atoms with Gasteiger partial charge in [-0.05, 0) is 24.3 Å². The van der Waals surface area contributed by atoms with Crippen LogP contribution in [0.25, 0.3) is 22.7 Å². The number of nitrogens with zero attached hydrogens (tertiary/aromatic N) is 6. The zero-order chi connectivity index (χ0) is 22.5. The Hall–Kier alpha value is -4.48. The largest absolute Gasteiger partial charge is 0.435 e. The number of nitrogens with one attached hydrogen (secondary N) is 1. The van der Waals surface area contributed by atoms with Crippen molar-refractivity contribution >= 4 is 17.0 Å². The summed E-state index contributed by atoms with van der Waals surface area (Å²) in [5.41, 5.74) is 1.44. The van der Waals surface area contributed by atoms with Crippen molar-refractivity contribution in [3.05, 3.63) is 77.7 Å². The number of halogens is 2. The molecule has 12 heteroatoms. The van der Waals surface area contributed by atoms with E-state index in [1.165, 1.54) is 41.7 Å². The molecule has 1 aliphatic rings. The van der Waals surface area contributed by atoms with Gasteiger partial charge in [0.1, 0.15) is 5.52 Å². The van der Waals surface area contributed by atoms with Crippen molar-refractivity contribution in [2.45, 2.75) is 12.5 Å². The Bertz CT molecular complexity index is 1510. The molecule has 4 aromatic heterocycles. The normalized spacial score (nSPS) is 15.7. The number of aromatic nitrogens is 6. The van der Waals surface area contributed by atoms with E-state index in [-0.39, 0.29) is 35.5 Å². The summed E-state index contributed by atoms with van der Waals surface area (Å²) in [7, 11) is 0. The average Bonchev–Trinajstić information content (AvgIpc) is 3.57. The van der Waals surface area contributed by atoms with E-state index in [1.54, 1.807) is 6.07 Å². The molecule has 1 amide bonds. The Morgan fingerprint density at radius 1 is 1.09 bits per heavy atom. The number of pyridine rings is 1. The lowest BCUT2D eigenvalue weighted by molar-refractivity contribution is 0.0627. The lowest BCUT2D eigenvalue weighted by Gasteiger charge is -2.31. The van der Waals surface area contributed by atoms with E-state index >= 15 is 0 Å². The van der Waals surface area contributed by atoms with Gasteiger partial charge in [-0.15, -0.1) is 10.2 Å². The number of imidazole rings is 1. The van der Waals surface area contributed by atoms with Crippen LogP contribution in [0.5, 0.6) is 0 Å². The monoisotopic (exact) mass is 449 g/mol. The van der Waals surface area contributed by atoms with Crippen LogP contribution in [-0.4, -0.2) is 47.5 Å². The maximum absolute atomic E-state index is 14.2. The van der Waals surface area contributed by atoms with Gasteiger partial charge in [0.15, 0.2) is 29.0 Å². The molecule has 0 aliphatic carbocycles. The van der Waals surface area contributed by atoms with Crippen molar-refractivity contribution in [1.29, 1.82) is 0 Å². The average molecular weight is 449 g/mol. The molecule has 1 aromatic carbocycles. The van der Waals surface area contributed by atoms with Crippen molar-refractivity contribution in [3.8, 4) is 11.6 Å².